The van der Waals surface area contributed by atoms with Crippen LogP contribution in [0.25, 0.3) is 0 Å². The van der Waals surface area contributed by atoms with Crippen LogP contribution in [0.15, 0.2) is 11.1 Å². The third kappa shape index (κ3) is 3.77. The lowest BCUT2D eigenvalue weighted by Gasteiger charge is -2.57. The highest BCUT2D eigenvalue weighted by atomic mass is 32.3. The Balaban J connectivity index is 0.000000994. The normalized spacial score (nSPS) is 53.3. The molecular weight excluding hydrogens is 398 g/mol. The Morgan fingerprint density at radius 1 is 1.10 bits per heavy atom. The van der Waals surface area contributed by atoms with Gasteiger partial charge in [0.25, 0.3) is 0 Å². The molecule has 4 aliphatic heterocycles. The molecule has 6 aliphatic rings. The SMILES string of the molecule is CC.CC1=C2CC3[C@@H](CC[C@@H]4CCCCS34C)C2CC[C@]2(C1)CC1NC[C@@H](C)C[C@H]1O2. The van der Waals surface area contributed by atoms with Gasteiger partial charge in [-0.15, -0.1) is 0 Å². The number of allylic oxidation sites excluding steroid dienone is 1. The molecule has 1 saturated carbocycles. The molecule has 3 heteroatoms. The highest BCUT2D eigenvalue weighted by molar-refractivity contribution is 8.34. The van der Waals surface area contributed by atoms with E-state index in [1.807, 2.05) is 19.4 Å². The third-order valence-corrected chi connectivity index (χ3v) is 15.4. The zero-order chi connectivity index (χ0) is 21.8. The van der Waals surface area contributed by atoms with Gasteiger partial charge in [-0.3, -0.25) is 0 Å². The zero-order valence-corrected chi connectivity index (χ0v) is 21.9. The molecule has 2 aliphatic carbocycles. The van der Waals surface area contributed by atoms with Crippen LogP contribution in [0.4, 0.5) is 0 Å². The van der Waals surface area contributed by atoms with Gasteiger partial charge in [0.2, 0.25) is 0 Å². The largest absolute Gasteiger partial charge is 0.370 e. The minimum Gasteiger partial charge on any atom is -0.370 e. The molecule has 0 bridgehead atoms. The second-order valence-corrected chi connectivity index (χ2v) is 16.2. The number of ether oxygens (including phenoxy) is 1. The van der Waals surface area contributed by atoms with Gasteiger partial charge in [0.1, 0.15) is 0 Å². The van der Waals surface area contributed by atoms with E-state index in [1.165, 1.54) is 64.3 Å². The molecule has 4 saturated heterocycles. The minimum absolute atomic E-state index is 0.155. The Hall–Kier alpha value is 0.01000. The molecule has 2 nitrogen and oxygen atoms in total. The smallest absolute Gasteiger partial charge is 0.0740 e. The summed E-state index contributed by atoms with van der Waals surface area (Å²) >= 11 is 0. The molecule has 6 rings (SSSR count). The molecule has 4 heterocycles. The number of hydrogen-bond acceptors (Lipinski definition) is 2. The summed E-state index contributed by atoms with van der Waals surface area (Å²) in [6.45, 7) is 10.1. The maximum absolute atomic E-state index is 6.93. The first-order chi connectivity index (χ1) is 15.0. The standard InChI is InChI=1S/C26H43NOS.C2H6/c1-17-12-24-23(27-16-17)15-26(28-24)10-9-20-21-8-7-19-6-4-5-11-29(19,3)25(21)13-22(20)18(2)14-26;1-2/h17,19-21,23-25,27H,4-16H2,1-3H3;1-2H3/t17-,19-,20?,21-,23?,24+,25?,26-;/m0./s1. The van der Waals surface area contributed by atoms with E-state index in [0.29, 0.717) is 12.1 Å². The lowest BCUT2D eigenvalue weighted by molar-refractivity contribution is -0.0605. The molecule has 9 atom stereocenters. The fourth-order valence-electron chi connectivity index (χ4n) is 8.91. The van der Waals surface area contributed by atoms with Crippen LogP contribution in [-0.4, -0.2) is 46.8 Å². The fourth-order valence-corrected chi connectivity index (χ4v) is 13.9. The molecule has 1 N–H and O–H groups in total. The Morgan fingerprint density at radius 2 is 1.94 bits per heavy atom. The van der Waals surface area contributed by atoms with Crippen LogP contribution in [0.3, 0.4) is 0 Å². The predicted octanol–water partition coefficient (Wildman–Crippen LogP) is 6.82. The Kier molecular flexibility index (Phi) is 6.36. The molecule has 0 aromatic carbocycles. The molecule has 0 radical (unpaired) electrons. The van der Waals surface area contributed by atoms with E-state index in [0.717, 1.165) is 28.3 Å². The first-order valence-electron chi connectivity index (χ1n) is 13.8. The summed E-state index contributed by atoms with van der Waals surface area (Å²) in [6, 6.07) is 0.621. The summed E-state index contributed by atoms with van der Waals surface area (Å²) in [5.74, 6) is 4.29. The molecular formula is C28H49NOS. The summed E-state index contributed by atoms with van der Waals surface area (Å²) in [6.07, 6.45) is 18.9. The lowest BCUT2D eigenvalue weighted by atomic mass is 9.82. The average Bonchev–Trinajstić information content (AvgIpc) is 3.28. The van der Waals surface area contributed by atoms with Crippen molar-refractivity contribution in [1.82, 2.24) is 5.32 Å². The van der Waals surface area contributed by atoms with Crippen LogP contribution in [0.5, 0.6) is 0 Å². The third-order valence-electron chi connectivity index (χ3n) is 10.4. The van der Waals surface area contributed by atoms with Crippen LogP contribution in [0.2, 0.25) is 0 Å². The maximum atomic E-state index is 6.93. The van der Waals surface area contributed by atoms with Gasteiger partial charge in [-0.2, -0.15) is 0 Å². The predicted molar refractivity (Wildman–Crippen MR) is 136 cm³/mol. The molecule has 0 aromatic rings. The topological polar surface area (TPSA) is 21.3 Å². The molecule has 5 fully saturated rings. The van der Waals surface area contributed by atoms with Crippen LogP contribution < -0.4 is 5.32 Å². The fraction of sp³-hybridized carbons (Fsp3) is 0.929. The summed E-state index contributed by atoms with van der Waals surface area (Å²) in [7, 11) is -0.380. The van der Waals surface area contributed by atoms with Gasteiger partial charge in [-0.25, -0.2) is 10.0 Å². The van der Waals surface area contributed by atoms with E-state index >= 15 is 0 Å². The van der Waals surface area contributed by atoms with E-state index < -0.39 is 0 Å². The van der Waals surface area contributed by atoms with E-state index in [1.54, 1.807) is 24.2 Å². The van der Waals surface area contributed by atoms with Crippen LogP contribution in [0, 0.1) is 17.8 Å². The van der Waals surface area contributed by atoms with E-state index in [-0.39, 0.29) is 15.6 Å². The van der Waals surface area contributed by atoms with E-state index in [4.69, 9.17) is 4.74 Å². The van der Waals surface area contributed by atoms with Crippen molar-refractivity contribution in [3.05, 3.63) is 11.1 Å². The van der Waals surface area contributed by atoms with Crippen LogP contribution >= 0.6 is 10.0 Å². The van der Waals surface area contributed by atoms with Crippen LogP contribution in [0.1, 0.15) is 98.3 Å². The van der Waals surface area contributed by atoms with Gasteiger partial charge in [0.15, 0.2) is 0 Å². The monoisotopic (exact) mass is 447 g/mol. The zero-order valence-electron chi connectivity index (χ0n) is 21.1. The Bertz CT molecular complexity index is 705. The number of fused-ring (bicyclic) bond motifs is 6. The quantitative estimate of drug-likeness (QED) is 0.411. The molecule has 0 aromatic heterocycles. The van der Waals surface area contributed by atoms with Gasteiger partial charge < -0.3 is 10.1 Å². The molecule has 31 heavy (non-hydrogen) atoms. The number of hydrogen-bond donors (Lipinski definition) is 1. The van der Waals surface area contributed by atoms with E-state index in [9.17, 15) is 0 Å². The second-order valence-electron chi connectivity index (χ2n) is 12.1. The van der Waals surface area contributed by atoms with Gasteiger partial charge in [-0.05, 0) is 118 Å². The first kappa shape index (κ1) is 22.8. The Morgan fingerprint density at radius 3 is 2.77 bits per heavy atom. The Labute approximate surface area is 194 Å². The number of rotatable bonds is 0. The summed E-state index contributed by atoms with van der Waals surface area (Å²) in [4.78, 5) is 0. The van der Waals surface area contributed by atoms with Crippen molar-refractivity contribution in [3.63, 3.8) is 0 Å². The van der Waals surface area contributed by atoms with Gasteiger partial charge in [0, 0.05) is 6.04 Å². The minimum atomic E-state index is -0.380. The summed E-state index contributed by atoms with van der Waals surface area (Å²) in [5, 5.41) is 6.01. The van der Waals surface area contributed by atoms with Crippen LogP contribution in [-0.2, 0) is 4.74 Å². The van der Waals surface area contributed by atoms with Crippen molar-refractivity contribution in [3.8, 4) is 0 Å². The van der Waals surface area contributed by atoms with Crippen molar-refractivity contribution < 1.29 is 4.74 Å². The first-order valence-corrected chi connectivity index (χ1v) is 16.1. The highest BCUT2D eigenvalue weighted by Crippen LogP contribution is 2.70. The molecule has 178 valence electrons. The molecule has 0 amide bonds. The number of nitrogens with one attached hydrogen (secondary N) is 1. The van der Waals surface area contributed by atoms with Crippen molar-refractivity contribution in [2.24, 2.45) is 17.8 Å². The molecule has 1 spiro atoms. The van der Waals surface area contributed by atoms with Crippen molar-refractivity contribution in [2.45, 2.75) is 127 Å². The second kappa shape index (κ2) is 8.66. The van der Waals surface area contributed by atoms with Gasteiger partial charge in [-0.1, -0.05) is 38.3 Å². The van der Waals surface area contributed by atoms with Gasteiger partial charge in [0.05, 0.1) is 11.7 Å². The maximum Gasteiger partial charge on any atom is 0.0740 e. The summed E-state index contributed by atoms with van der Waals surface area (Å²) < 4.78 is 6.93. The number of piperidine rings is 1. The highest BCUT2D eigenvalue weighted by Gasteiger charge is 2.55. The molecule has 4 unspecified atom stereocenters. The lowest BCUT2D eigenvalue weighted by Crippen LogP contribution is -2.45. The average molecular weight is 448 g/mol. The van der Waals surface area contributed by atoms with Crippen molar-refractivity contribution >= 4 is 10.0 Å². The summed E-state index contributed by atoms with van der Waals surface area (Å²) in [5.41, 5.74) is 3.84. The van der Waals surface area contributed by atoms with Crippen molar-refractivity contribution in [2.75, 3.05) is 18.6 Å². The van der Waals surface area contributed by atoms with E-state index in [2.05, 4.69) is 25.4 Å². The van der Waals surface area contributed by atoms with Crippen molar-refractivity contribution in [1.29, 1.82) is 0 Å². The van der Waals surface area contributed by atoms with Gasteiger partial charge >= 0.3 is 0 Å².